The second-order valence-electron chi connectivity index (χ2n) is 4.77. The Morgan fingerprint density at radius 3 is 3.11 bits per heavy atom. The molecule has 0 aromatic heterocycles. The molecule has 4 heteroatoms. The average molecular weight is 245 g/mol. The number of hydrogen-bond acceptors (Lipinski definition) is 4. The van der Waals surface area contributed by atoms with Crippen molar-refractivity contribution in [3.63, 3.8) is 0 Å². The predicted octanol–water partition coefficient (Wildman–Crippen LogP) is 1.81. The maximum absolute atomic E-state index is 8.78. The van der Waals surface area contributed by atoms with E-state index in [0.29, 0.717) is 18.0 Å². The second kappa shape index (κ2) is 5.74. The van der Waals surface area contributed by atoms with Crippen LogP contribution in [0.4, 0.5) is 11.4 Å². The number of nitrogens with zero attached hydrogens (tertiary/aromatic N) is 2. The van der Waals surface area contributed by atoms with Crippen molar-refractivity contribution in [1.29, 1.82) is 5.26 Å². The van der Waals surface area contributed by atoms with E-state index >= 15 is 0 Å². The van der Waals surface area contributed by atoms with Gasteiger partial charge in [0.05, 0.1) is 19.1 Å². The van der Waals surface area contributed by atoms with E-state index in [0.717, 1.165) is 37.4 Å². The Kier molecular flexibility index (Phi) is 4.06. The van der Waals surface area contributed by atoms with Crippen LogP contribution in [0.15, 0.2) is 18.2 Å². The third-order valence-corrected chi connectivity index (χ3v) is 3.45. The Morgan fingerprint density at radius 2 is 2.39 bits per heavy atom. The van der Waals surface area contributed by atoms with Gasteiger partial charge < -0.3 is 15.4 Å². The smallest absolute Gasteiger partial charge is 0.0670 e. The molecule has 0 amide bonds. The molecule has 0 aliphatic carbocycles. The number of anilines is 2. The highest BCUT2D eigenvalue weighted by Crippen LogP contribution is 2.27. The molecule has 1 unspecified atom stereocenters. The molecular weight excluding hydrogens is 226 g/mol. The van der Waals surface area contributed by atoms with Gasteiger partial charge in [-0.15, -0.1) is 0 Å². The van der Waals surface area contributed by atoms with Gasteiger partial charge in [-0.25, -0.2) is 0 Å². The quantitative estimate of drug-likeness (QED) is 0.822. The van der Waals surface area contributed by atoms with Crippen LogP contribution in [-0.4, -0.2) is 26.8 Å². The Hall–Kier alpha value is -1.73. The molecule has 0 radical (unpaired) electrons. The molecule has 1 atom stereocenters. The average Bonchev–Trinajstić information content (AvgIpc) is 2.81. The molecule has 0 saturated carbocycles. The normalized spacial score (nSPS) is 18.9. The number of nitrogens with two attached hydrogens (primary N) is 1. The number of rotatable bonds is 4. The summed E-state index contributed by atoms with van der Waals surface area (Å²) in [4.78, 5) is 2.34. The van der Waals surface area contributed by atoms with Gasteiger partial charge in [-0.3, -0.25) is 0 Å². The van der Waals surface area contributed by atoms with E-state index < -0.39 is 0 Å². The minimum Gasteiger partial charge on any atom is -0.398 e. The second-order valence-corrected chi connectivity index (χ2v) is 4.77. The summed E-state index contributed by atoms with van der Waals surface area (Å²) in [6.45, 7) is 2.88. The summed E-state index contributed by atoms with van der Waals surface area (Å²) in [5, 5.41) is 8.78. The van der Waals surface area contributed by atoms with E-state index in [1.165, 1.54) is 0 Å². The molecule has 1 heterocycles. The lowest BCUT2D eigenvalue weighted by Gasteiger charge is -2.20. The summed E-state index contributed by atoms with van der Waals surface area (Å²) in [6, 6.07) is 8.12. The molecule has 0 spiro atoms. The van der Waals surface area contributed by atoms with Crippen LogP contribution in [0.1, 0.15) is 12.0 Å². The van der Waals surface area contributed by atoms with Crippen molar-refractivity contribution in [2.45, 2.75) is 12.8 Å². The third kappa shape index (κ3) is 2.74. The van der Waals surface area contributed by atoms with E-state index in [4.69, 9.17) is 15.7 Å². The van der Waals surface area contributed by atoms with Crippen molar-refractivity contribution in [1.82, 2.24) is 0 Å². The van der Waals surface area contributed by atoms with Crippen molar-refractivity contribution < 1.29 is 4.74 Å². The highest BCUT2D eigenvalue weighted by molar-refractivity contribution is 5.59. The van der Waals surface area contributed by atoms with Gasteiger partial charge in [0.15, 0.2) is 0 Å². The largest absolute Gasteiger partial charge is 0.398 e. The van der Waals surface area contributed by atoms with Gasteiger partial charge in [0.25, 0.3) is 0 Å². The van der Waals surface area contributed by atoms with E-state index in [1.54, 1.807) is 7.11 Å². The number of benzene rings is 1. The number of hydrogen-bond donors (Lipinski definition) is 1. The molecule has 1 aromatic carbocycles. The maximum atomic E-state index is 8.78. The van der Waals surface area contributed by atoms with Crippen molar-refractivity contribution in [2.75, 3.05) is 37.4 Å². The first kappa shape index (κ1) is 12.7. The van der Waals surface area contributed by atoms with Crippen molar-refractivity contribution >= 4 is 11.4 Å². The molecule has 1 aliphatic heterocycles. The predicted molar refractivity (Wildman–Crippen MR) is 72.4 cm³/mol. The Balaban J connectivity index is 2.10. The van der Waals surface area contributed by atoms with Crippen LogP contribution < -0.4 is 10.6 Å². The summed E-state index contributed by atoms with van der Waals surface area (Å²) in [7, 11) is 1.75. The summed E-state index contributed by atoms with van der Waals surface area (Å²) in [5.41, 5.74) is 8.64. The molecule has 1 fully saturated rings. The Labute approximate surface area is 108 Å². The number of nitriles is 1. The minimum absolute atomic E-state index is 0.370. The Morgan fingerprint density at radius 1 is 1.56 bits per heavy atom. The standard InChI is InChI=1S/C14H19N3O/c1-18-10-11-5-7-17(9-11)13-2-3-14(16)12(8-13)4-6-15/h2-3,8,11H,4-5,7,9-10,16H2,1H3. The fourth-order valence-corrected chi connectivity index (χ4v) is 2.47. The van der Waals surface area contributed by atoms with Crippen molar-refractivity contribution in [3.05, 3.63) is 23.8 Å². The first-order chi connectivity index (χ1) is 8.74. The maximum Gasteiger partial charge on any atom is 0.0670 e. The molecular formula is C14H19N3O. The van der Waals surface area contributed by atoms with E-state index in [2.05, 4.69) is 11.0 Å². The number of methoxy groups -OCH3 is 1. The van der Waals surface area contributed by atoms with E-state index in [-0.39, 0.29) is 0 Å². The van der Waals surface area contributed by atoms with Crippen molar-refractivity contribution in [2.24, 2.45) is 5.92 Å². The first-order valence-corrected chi connectivity index (χ1v) is 6.24. The Bertz CT molecular complexity index is 453. The van der Waals surface area contributed by atoms with Gasteiger partial charge in [-0.05, 0) is 30.2 Å². The lowest BCUT2D eigenvalue weighted by atomic mass is 10.1. The summed E-state index contributed by atoms with van der Waals surface area (Å²) < 4.78 is 5.20. The summed E-state index contributed by atoms with van der Waals surface area (Å²) in [6.07, 6.45) is 1.53. The molecule has 2 N–H and O–H groups in total. The zero-order valence-electron chi connectivity index (χ0n) is 10.7. The monoisotopic (exact) mass is 245 g/mol. The molecule has 18 heavy (non-hydrogen) atoms. The first-order valence-electron chi connectivity index (χ1n) is 6.24. The van der Waals surface area contributed by atoms with E-state index in [9.17, 15) is 0 Å². The van der Waals surface area contributed by atoms with Gasteiger partial charge in [0.1, 0.15) is 0 Å². The number of ether oxygens (including phenoxy) is 1. The minimum atomic E-state index is 0.370. The van der Waals surface area contributed by atoms with Gasteiger partial charge in [0, 0.05) is 37.5 Å². The van der Waals surface area contributed by atoms with Crippen LogP contribution in [0.3, 0.4) is 0 Å². The topological polar surface area (TPSA) is 62.3 Å². The number of nitrogen functional groups attached to an aromatic ring is 1. The zero-order chi connectivity index (χ0) is 13.0. The van der Waals surface area contributed by atoms with Gasteiger partial charge in [-0.2, -0.15) is 5.26 Å². The lowest BCUT2D eigenvalue weighted by molar-refractivity contribution is 0.161. The fraction of sp³-hybridized carbons (Fsp3) is 0.500. The van der Waals surface area contributed by atoms with Crippen LogP contribution in [0.2, 0.25) is 0 Å². The van der Waals surface area contributed by atoms with Crippen LogP contribution >= 0.6 is 0 Å². The van der Waals surface area contributed by atoms with Crippen LogP contribution in [-0.2, 0) is 11.2 Å². The van der Waals surface area contributed by atoms with Crippen LogP contribution in [0.5, 0.6) is 0 Å². The van der Waals surface area contributed by atoms with Gasteiger partial charge in [0.2, 0.25) is 0 Å². The molecule has 4 nitrogen and oxygen atoms in total. The van der Waals surface area contributed by atoms with E-state index in [1.807, 2.05) is 18.2 Å². The third-order valence-electron chi connectivity index (χ3n) is 3.45. The van der Waals surface area contributed by atoms with Crippen LogP contribution in [0, 0.1) is 17.2 Å². The van der Waals surface area contributed by atoms with Gasteiger partial charge in [-0.1, -0.05) is 0 Å². The summed E-state index contributed by atoms with van der Waals surface area (Å²) >= 11 is 0. The molecule has 1 aliphatic rings. The SMILES string of the molecule is COCC1CCN(c2ccc(N)c(CC#N)c2)C1. The lowest BCUT2D eigenvalue weighted by Crippen LogP contribution is -2.21. The molecule has 2 rings (SSSR count). The molecule has 1 aromatic rings. The summed E-state index contributed by atoms with van der Waals surface area (Å²) in [5.74, 6) is 0.604. The molecule has 96 valence electrons. The van der Waals surface area contributed by atoms with Crippen LogP contribution in [0.25, 0.3) is 0 Å². The zero-order valence-corrected chi connectivity index (χ0v) is 10.7. The fourth-order valence-electron chi connectivity index (χ4n) is 2.47. The molecule has 0 bridgehead atoms. The highest BCUT2D eigenvalue weighted by Gasteiger charge is 2.22. The van der Waals surface area contributed by atoms with Crippen molar-refractivity contribution in [3.8, 4) is 6.07 Å². The highest BCUT2D eigenvalue weighted by atomic mass is 16.5. The molecule has 1 saturated heterocycles. The van der Waals surface area contributed by atoms with Gasteiger partial charge >= 0.3 is 0 Å².